The Morgan fingerprint density at radius 3 is 2.65 bits per heavy atom. The highest BCUT2D eigenvalue weighted by Gasteiger charge is 2.24. The Morgan fingerprint density at radius 1 is 1.41 bits per heavy atom. The van der Waals surface area contributed by atoms with E-state index < -0.39 is 16.1 Å². The summed E-state index contributed by atoms with van der Waals surface area (Å²) >= 11 is 0. The first-order chi connectivity index (χ1) is 7.99. The van der Waals surface area contributed by atoms with E-state index in [1.54, 1.807) is 25.1 Å². The molecule has 0 radical (unpaired) electrons. The summed E-state index contributed by atoms with van der Waals surface area (Å²) < 4.78 is 26.7. The van der Waals surface area contributed by atoms with Gasteiger partial charge in [-0.1, -0.05) is 18.6 Å². The molecule has 0 aliphatic heterocycles. The van der Waals surface area contributed by atoms with Gasteiger partial charge in [0.1, 0.15) is 0 Å². The van der Waals surface area contributed by atoms with Gasteiger partial charge in [0.05, 0.1) is 11.0 Å². The predicted octanol–water partition coefficient (Wildman–Crippen LogP) is 1.57. The van der Waals surface area contributed by atoms with Gasteiger partial charge in [-0.3, -0.25) is 0 Å². The third kappa shape index (κ3) is 2.86. The zero-order valence-electron chi connectivity index (χ0n) is 9.76. The number of hydrogen-bond acceptors (Lipinski definition) is 3. The van der Waals surface area contributed by atoms with Crippen molar-refractivity contribution in [2.24, 2.45) is 0 Å². The van der Waals surface area contributed by atoms with E-state index in [0.717, 1.165) is 19.3 Å². The first-order valence-corrected chi connectivity index (χ1v) is 7.28. The van der Waals surface area contributed by atoms with Crippen LogP contribution in [0.5, 0.6) is 0 Å². The van der Waals surface area contributed by atoms with Gasteiger partial charge in [0.25, 0.3) is 0 Å². The molecular weight excluding hydrogens is 238 g/mol. The number of hydrogen-bond donors (Lipinski definition) is 2. The Kier molecular flexibility index (Phi) is 3.51. The van der Waals surface area contributed by atoms with Crippen LogP contribution in [-0.2, 0) is 10.0 Å². The summed E-state index contributed by atoms with van der Waals surface area (Å²) in [4.78, 5) is 0.225. The van der Waals surface area contributed by atoms with Gasteiger partial charge < -0.3 is 5.11 Å². The van der Waals surface area contributed by atoms with E-state index in [9.17, 15) is 13.5 Å². The van der Waals surface area contributed by atoms with E-state index in [-0.39, 0.29) is 10.9 Å². The van der Waals surface area contributed by atoms with Crippen LogP contribution in [0.1, 0.15) is 37.9 Å². The predicted molar refractivity (Wildman–Crippen MR) is 65.0 cm³/mol. The van der Waals surface area contributed by atoms with Crippen molar-refractivity contribution >= 4 is 10.0 Å². The monoisotopic (exact) mass is 255 g/mol. The second-order valence-corrected chi connectivity index (χ2v) is 6.21. The lowest BCUT2D eigenvalue weighted by Gasteiger charge is -2.26. The van der Waals surface area contributed by atoms with Crippen LogP contribution in [0.25, 0.3) is 0 Å². The molecular formula is C12H17NO3S. The van der Waals surface area contributed by atoms with Gasteiger partial charge in [-0.15, -0.1) is 0 Å². The fourth-order valence-corrected chi connectivity index (χ4v) is 3.11. The third-order valence-electron chi connectivity index (χ3n) is 3.08. The fraction of sp³-hybridized carbons (Fsp3) is 0.500. The summed E-state index contributed by atoms with van der Waals surface area (Å²) in [7, 11) is -3.44. The number of rotatable bonds is 4. The lowest BCUT2D eigenvalue weighted by molar-refractivity contribution is 0.199. The van der Waals surface area contributed by atoms with Crippen LogP contribution in [0.3, 0.4) is 0 Å². The minimum Gasteiger partial charge on any atom is -0.389 e. The van der Waals surface area contributed by atoms with Gasteiger partial charge in [0.2, 0.25) is 10.0 Å². The largest absolute Gasteiger partial charge is 0.389 e. The Balaban J connectivity index is 2.22. The van der Waals surface area contributed by atoms with E-state index in [0.29, 0.717) is 5.56 Å². The molecule has 1 fully saturated rings. The van der Waals surface area contributed by atoms with Crippen LogP contribution in [0.4, 0.5) is 0 Å². The van der Waals surface area contributed by atoms with Crippen LogP contribution < -0.4 is 4.72 Å². The van der Waals surface area contributed by atoms with Crippen molar-refractivity contribution in [2.45, 2.75) is 43.2 Å². The molecule has 1 aliphatic carbocycles. The van der Waals surface area contributed by atoms with Crippen molar-refractivity contribution in [2.75, 3.05) is 0 Å². The molecule has 1 aliphatic rings. The molecule has 0 amide bonds. The number of nitrogens with one attached hydrogen (secondary N) is 1. The second-order valence-electron chi connectivity index (χ2n) is 4.50. The summed E-state index contributed by atoms with van der Waals surface area (Å²) in [6.07, 6.45) is 2.25. The molecule has 1 aromatic carbocycles. The lowest BCUT2D eigenvalue weighted by atomic mass is 9.94. The van der Waals surface area contributed by atoms with Gasteiger partial charge >= 0.3 is 0 Å². The molecule has 0 aromatic heterocycles. The highest BCUT2D eigenvalue weighted by molar-refractivity contribution is 7.89. The zero-order valence-corrected chi connectivity index (χ0v) is 10.6. The molecule has 0 spiro atoms. The summed E-state index contributed by atoms with van der Waals surface area (Å²) in [6.45, 7) is 1.62. The van der Waals surface area contributed by atoms with Crippen LogP contribution >= 0.6 is 0 Å². The zero-order chi connectivity index (χ0) is 12.5. The molecule has 2 rings (SSSR count). The Labute approximate surface area is 102 Å². The normalized spacial score (nSPS) is 18.7. The number of benzene rings is 1. The van der Waals surface area contributed by atoms with Crippen molar-refractivity contribution in [1.82, 2.24) is 4.72 Å². The second kappa shape index (κ2) is 4.76. The average molecular weight is 255 g/mol. The van der Waals surface area contributed by atoms with Crippen molar-refractivity contribution in [3.63, 3.8) is 0 Å². The van der Waals surface area contributed by atoms with Crippen molar-refractivity contribution in [3.8, 4) is 0 Å². The lowest BCUT2D eigenvalue weighted by Crippen LogP contribution is -2.39. The van der Waals surface area contributed by atoms with E-state index in [1.807, 2.05) is 0 Å². The summed E-state index contributed by atoms with van der Waals surface area (Å²) in [5.74, 6) is 0. The third-order valence-corrected chi connectivity index (χ3v) is 4.60. The summed E-state index contributed by atoms with van der Waals surface area (Å²) in [5.41, 5.74) is 0.612. The molecule has 2 N–H and O–H groups in total. The summed E-state index contributed by atoms with van der Waals surface area (Å²) in [6, 6.07) is 6.51. The van der Waals surface area contributed by atoms with Gasteiger partial charge in [-0.25, -0.2) is 13.1 Å². The molecule has 0 bridgehead atoms. The maximum atomic E-state index is 12.0. The van der Waals surface area contributed by atoms with Gasteiger partial charge in [0, 0.05) is 6.04 Å². The van der Waals surface area contributed by atoms with E-state index in [2.05, 4.69) is 4.72 Å². The van der Waals surface area contributed by atoms with Gasteiger partial charge in [0.15, 0.2) is 0 Å². The smallest absolute Gasteiger partial charge is 0.240 e. The van der Waals surface area contributed by atoms with Gasteiger partial charge in [-0.05, 0) is 37.5 Å². The highest BCUT2D eigenvalue weighted by Crippen LogP contribution is 2.22. The fourth-order valence-electron chi connectivity index (χ4n) is 1.76. The Hall–Kier alpha value is -0.910. The molecule has 1 unspecified atom stereocenters. The first-order valence-electron chi connectivity index (χ1n) is 5.79. The molecule has 17 heavy (non-hydrogen) atoms. The molecule has 1 aromatic rings. The maximum Gasteiger partial charge on any atom is 0.240 e. The maximum absolute atomic E-state index is 12.0. The van der Waals surface area contributed by atoms with E-state index in [4.69, 9.17) is 0 Å². The van der Waals surface area contributed by atoms with Crippen LogP contribution in [-0.4, -0.2) is 19.6 Å². The minimum atomic E-state index is -3.44. The quantitative estimate of drug-likeness (QED) is 0.858. The molecule has 1 saturated carbocycles. The highest BCUT2D eigenvalue weighted by atomic mass is 32.2. The van der Waals surface area contributed by atoms with Crippen molar-refractivity contribution in [1.29, 1.82) is 0 Å². The first kappa shape index (κ1) is 12.5. The topological polar surface area (TPSA) is 66.4 Å². The number of sulfonamides is 1. The molecule has 4 nitrogen and oxygen atoms in total. The van der Waals surface area contributed by atoms with Crippen molar-refractivity contribution < 1.29 is 13.5 Å². The van der Waals surface area contributed by atoms with Crippen LogP contribution in [0.2, 0.25) is 0 Å². The molecule has 94 valence electrons. The Morgan fingerprint density at radius 2 is 2.12 bits per heavy atom. The van der Waals surface area contributed by atoms with E-state index in [1.165, 1.54) is 6.07 Å². The van der Waals surface area contributed by atoms with E-state index >= 15 is 0 Å². The molecule has 0 saturated heterocycles. The number of aliphatic hydroxyl groups is 1. The SMILES string of the molecule is CC(O)c1cccc(S(=O)(=O)NC2CCC2)c1. The van der Waals surface area contributed by atoms with Crippen LogP contribution in [0.15, 0.2) is 29.2 Å². The van der Waals surface area contributed by atoms with Gasteiger partial charge in [-0.2, -0.15) is 0 Å². The minimum absolute atomic E-state index is 0.0789. The van der Waals surface area contributed by atoms with Crippen molar-refractivity contribution in [3.05, 3.63) is 29.8 Å². The molecule has 5 heteroatoms. The number of aliphatic hydroxyl groups excluding tert-OH is 1. The average Bonchev–Trinajstić information content (AvgIpc) is 2.24. The standard InChI is InChI=1S/C12H17NO3S/c1-9(14)10-4-2-7-12(8-10)17(15,16)13-11-5-3-6-11/h2,4,7-9,11,13-14H,3,5-6H2,1H3. The molecule has 1 atom stereocenters. The summed E-state index contributed by atoms with van der Waals surface area (Å²) in [5, 5.41) is 9.44. The van der Waals surface area contributed by atoms with Crippen LogP contribution in [0, 0.1) is 0 Å². The Bertz CT molecular complexity index is 492. The molecule has 0 heterocycles.